The van der Waals surface area contributed by atoms with Gasteiger partial charge in [-0.1, -0.05) is 0 Å². The molecule has 0 saturated heterocycles. The third kappa shape index (κ3) is 3.95. The molecule has 23 heavy (non-hydrogen) atoms. The van der Waals surface area contributed by atoms with Gasteiger partial charge in [-0.15, -0.1) is 0 Å². The molecule has 1 aromatic rings. The van der Waals surface area contributed by atoms with Crippen LogP contribution in [0.25, 0.3) is 0 Å². The molecule has 1 N–H and O–H groups in total. The first-order chi connectivity index (χ1) is 11.0. The highest BCUT2D eigenvalue weighted by Crippen LogP contribution is 2.39. The van der Waals surface area contributed by atoms with Crippen molar-refractivity contribution in [3.8, 4) is 17.2 Å². The quantitative estimate of drug-likeness (QED) is 0.902. The van der Waals surface area contributed by atoms with E-state index in [-0.39, 0.29) is 17.1 Å². The number of amides is 1. The number of methoxy groups -OCH3 is 3. The summed E-state index contributed by atoms with van der Waals surface area (Å²) < 4.78 is 15.7. The molecule has 0 fully saturated rings. The molecule has 0 unspecified atom stereocenters. The minimum absolute atomic E-state index is 0.140. The molecule has 7 nitrogen and oxygen atoms in total. The molecule has 0 aliphatic carbocycles. The second-order valence-corrected chi connectivity index (χ2v) is 5.80. The smallest absolute Gasteiger partial charge is 0.228 e. The maximum Gasteiger partial charge on any atom is 0.228 e. The van der Waals surface area contributed by atoms with Gasteiger partial charge >= 0.3 is 0 Å². The van der Waals surface area contributed by atoms with Crippen molar-refractivity contribution < 1.29 is 23.8 Å². The minimum atomic E-state index is -0.280. The van der Waals surface area contributed by atoms with E-state index in [2.05, 4.69) is 10.3 Å². The number of amidine groups is 1. The van der Waals surface area contributed by atoms with Crippen molar-refractivity contribution in [2.45, 2.75) is 19.4 Å². The Bertz CT molecular complexity index is 634. The van der Waals surface area contributed by atoms with Crippen LogP contribution >= 0.6 is 11.8 Å². The molecule has 1 heterocycles. The van der Waals surface area contributed by atoms with Gasteiger partial charge in [-0.3, -0.25) is 14.6 Å². The van der Waals surface area contributed by atoms with Crippen LogP contribution in [0.2, 0.25) is 0 Å². The zero-order valence-electron chi connectivity index (χ0n) is 13.3. The molecule has 1 atom stereocenters. The van der Waals surface area contributed by atoms with Gasteiger partial charge in [-0.25, -0.2) is 0 Å². The zero-order chi connectivity index (χ0) is 17.0. The Hall–Kier alpha value is -2.22. The number of carbonyl (C=O) groups excluding carboxylic acids is 2. The second kappa shape index (κ2) is 7.36. The first-order valence-electron chi connectivity index (χ1n) is 6.88. The Labute approximate surface area is 138 Å². The van der Waals surface area contributed by atoms with Crippen molar-refractivity contribution in [2.24, 2.45) is 4.99 Å². The molecule has 0 bridgehead atoms. The lowest BCUT2D eigenvalue weighted by atomic mass is 10.2. The van der Waals surface area contributed by atoms with Crippen LogP contribution in [-0.4, -0.2) is 43.6 Å². The minimum Gasteiger partial charge on any atom is -0.493 e. The van der Waals surface area contributed by atoms with E-state index in [0.29, 0.717) is 34.4 Å². The van der Waals surface area contributed by atoms with Crippen LogP contribution in [0.3, 0.4) is 0 Å². The molecule has 1 amide bonds. The third-order valence-corrected chi connectivity index (χ3v) is 3.98. The standard InChI is InChI=1S/C15H18N2O5S/c1-8-5-12(18)17-15(16-8)23-14(19)9-6-10(20-2)13(22-4)11(7-9)21-3/h6-8H,5H2,1-4H3,(H,16,17,18)/t8-/m0/s1. The van der Waals surface area contributed by atoms with E-state index in [1.165, 1.54) is 21.3 Å². The van der Waals surface area contributed by atoms with Gasteiger partial charge in [0.1, 0.15) is 0 Å². The van der Waals surface area contributed by atoms with Gasteiger partial charge in [0.25, 0.3) is 0 Å². The summed E-state index contributed by atoms with van der Waals surface area (Å²) in [6.07, 6.45) is 0.322. The van der Waals surface area contributed by atoms with E-state index >= 15 is 0 Å². The lowest BCUT2D eigenvalue weighted by molar-refractivity contribution is -0.120. The molecule has 1 aromatic carbocycles. The topological polar surface area (TPSA) is 86.2 Å². The Morgan fingerprint density at radius 1 is 1.22 bits per heavy atom. The summed E-state index contributed by atoms with van der Waals surface area (Å²) in [4.78, 5) is 28.2. The van der Waals surface area contributed by atoms with E-state index in [4.69, 9.17) is 14.2 Å². The fourth-order valence-electron chi connectivity index (χ4n) is 2.11. The lowest BCUT2D eigenvalue weighted by Crippen LogP contribution is -2.36. The predicted octanol–water partition coefficient (Wildman–Crippen LogP) is 1.85. The van der Waals surface area contributed by atoms with Gasteiger partial charge in [-0.2, -0.15) is 0 Å². The van der Waals surface area contributed by atoms with Crippen LogP contribution in [0.15, 0.2) is 17.1 Å². The van der Waals surface area contributed by atoms with Crippen molar-refractivity contribution in [1.82, 2.24) is 5.32 Å². The van der Waals surface area contributed by atoms with E-state index in [1.807, 2.05) is 6.92 Å². The van der Waals surface area contributed by atoms with Gasteiger partial charge in [0.2, 0.25) is 16.8 Å². The number of rotatable bonds is 4. The molecule has 2 rings (SSSR count). The highest BCUT2D eigenvalue weighted by atomic mass is 32.2. The average Bonchev–Trinajstić information content (AvgIpc) is 2.52. The number of benzene rings is 1. The highest BCUT2D eigenvalue weighted by molar-refractivity contribution is 8.26. The maximum absolute atomic E-state index is 12.4. The fourth-order valence-corrected chi connectivity index (χ4v) is 2.92. The molecular weight excluding hydrogens is 320 g/mol. The maximum atomic E-state index is 12.4. The molecule has 0 aromatic heterocycles. The summed E-state index contributed by atoms with van der Waals surface area (Å²) in [5.74, 6) is 1.04. The molecule has 0 saturated carbocycles. The van der Waals surface area contributed by atoms with Crippen molar-refractivity contribution in [2.75, 3.05) is 21.3 Å². The number of ether oxygens (including phenoxy) is 3. The Balaban J connectivity index is 2.27. The van der Waals surface area contributed by atoms with Crippen molar-refractivity contribution in [3.63, 3.8) is 0 Å². The van der Waals surface area contributed by atoms with Gasteiger partial charge < -0.3 is 19.5 Å². The summed E-state index contributed by atoms with van der Waals surface area (Å²) in [5.41, 5.74) is 0.361. The Morgan fingerprint density at radius 3 is 2.30 bits per heavy atom. The molecule has 1 aliphatic rings. The summed E-state index contributed by atoms with van der Waals surface area (Å²) in [5, 5.41) is 2.61. The number of nitrogens with zero attached hydrogens (tertiary/aromatic N) is 1. The van der Waals surface area contributed by atoms with Gasteiger partial charge in [-0.05, 0) is 30.8 Å². The largest absolute Gasteiger partial charge is 0.493 e. The SMILES string of the molecule is COc1cc(C(=O)SC2=N[C@@H](C)CC(=O)N2)cc(OC)c1OC. The molecule has 1 aliphatic heterocycles. The van der Waals surface area contributed by atoms with Gasteiger partial charge in [0, 0.05) is 12.0 Å². The molecule has 8 heteroatoms. The summed E-state index contributed by atoms with van der Waals surface area (Å²) >= 11 is 0.860. The normalized spacial score (nSPS) is 17.1. The van der Waals surface area contributed by atoms with Crippen LogP contribution in [0.4, 0.5) is 0 Å². The van der Waals surface area contributed by atoms with Crippen LogP contribution in [0, 0.1) is 0 Å². The number of thioether (sulfide) groups is 1. The van der Waals surface area contributed by atoms with Crippen LogP contribution in [-0.2, 0) is 4.79 Å². The van der Waals surface area contributed by atoms with E-state index in [9.17, 15) is 9.59 Å². The second-order valence-electron chi connectivity index (χ2n) is 4.84. The summed E-state index contributed by atoms with van der Waals surface area (Å²) in [6.45, 7) is 1.82. The molecule has 124 valence electrons. The van der Waals surface area contributed by atoms with Crippen molar-refractivity contribution in [1.29, 1.82) is 0 Å². The van der Waals surface area contributed by atoms with Gasteiger partial charge in [0.05, 0.1) is 27.4 Å². The van der Waals surface area contributed by atoms with Gasteiger partial charge in [0.15, 0.2) is 16.7 Å². The van der Waals surface area contributed by atoms with Crippen molar-refractivity contribution >= 4 is 28.0 Å². The first kappa shape index (κ1) is 17.1. The van der Waals surface area contributed by atoms with E-state index in [0.717, 1.165) is 11.8 Å². The fraction of sp³-hybridized carbons (Fsp3) is 0.400. The van der Waals surface area contributed by atoms with E-state index in [1.54, 1.807) is 12.1 Å². The number of carbonyl (C=O) groups is 2. The number of nitrogens with one attached hydrogen (secondary N) is 1. The third-order valence-electron chi connectivity index (χ3n) is 3.15. The van der Waals surface area contributed by atoms with Crippen LogP contribution in [0.5, 0.6) is 17.2 Å². The number of hydrogen-bond donors (Lipinski definition) is 1. The monoisotopic (exact) mass is 338 g/mol. The number of aliphatic imine (C=N–C) groups is 1. The van der Waals surface area contributed by atoms with Crippen LogP contribution < -0.4 is 19.5 Å². The Kier molecular flexibility index (Phi) is 5.49. The predicted molar refractivity (Wildman–Crippen MR) is 87.7 cm³/mol. The average molecular weight is 338 g/mol. The summed E-state index contributed by atoms with van der Waals surface area (Å²) in [7, 11) is 4.45. The lowest BCUT2D eigenvalue weighted by Gasteiger charge is -2.17. The first-order valence-corrected chi connectivity index (χ1v) is 7.70. The molecular formula is C15H18N2O5S. The van der Waals surface area contributed by atoms with E-state index < -0.39 is 0 Å². The number of hydrogen-bond acceptors (Lipinski definition) is 7. The molecule has 0 radical (unpaired) electrons. The zero-order valence-corrected chi connectivity index (χ0v) is 14.2. The van der Waals surface area contributed by atoms with Crippen LogP contribution in [0.1, 0.15) is 23.7 Å². The summed E-state index contributed by atoms with van der Waals surface area (Å²) in [6, 6.07) is 2.98. The Morgan fingerprint density at radius 2 is 1.83 bits per heavy atom. The van der Waals surface area contributed by atoms with Crippen molar-refractivity contribution in [3.05, 3.63) is 17.7 Å². The molecule has 0 spiro atoms. The highest BCUT2D eigenvalue weighted by Gasteiger charge is 2.23.